The maximum atomic E-state index is 11.7. The fraction of sp³-hybridized carbons (Fsp3) is 0.462. The fourth-order valence-corrected chi connectivity index (χ4v) is 2.90. The number of rotatable bonds is 3. The van der Waals surface area contributed by atoms with Gasteiger partial charge in [-0.3, -0.25) is 4.18 Å². The lowest BCUT2D eigenvalue weighted by Gasteiger charge is -2.32. The van der Waals surface area contributed by atoms with E-state index in [0.29, 0.717) is 0 Å². The second-order valence-corrected chi connectivity index (χ2v) is 6.47. The van der Waals surface area contributed by atoms with Crippen LogP contribution in [0.3, 0.4) is 0 Å². The van der Waals surface area contributed by atoms with Crippen LogP contribution in [0.5, 0.6) is 0 Å². The van der Waals surface area contributed by atoms with Crippen LogP contribution in [0.4, 0.5) is 0 Å². The van der Waals surface area contributed by atoms with E-state index < -0.39 is 40.7 Å². The minimum absolute atomic E-state index is 0.125. The van der Waals surface area contributed by atoms with Crippen molar-refractivity contribution in [3.05, 3.63) is 35.9 Å². The Hall–Kier alpha value is -1.48. The van der Waals surface area contributed by atoms with Crippen LogP contribution in [-0.2, 0) is 33.3 Å². The zero-order valence-electron chi connectivity index (χ0n) is 11.2. The molecular weight excluding hydrogens is 300 g/mol. The van der Waals surface area contributed by atoms with E-state index in [9.17, 15) is 13.2 Å². The molecule has 1 aromatic rings. The Labute approximate surface area is 121 Å². The van der Waals surface area contributed by atoms with Crippen molar-refractivity contribution in [2.75, 3.05) is 12.9 Å². The van der Waals surface area contributed by atoms with Crippen LogP contribution in [0.25, 0.3) is 0 Å². The third-order valence-corrected chi connectivity index (χ3v) is 3.76. The number of ether oxygens (including phenoxy) is 3. The molecule has 4 atom stereocenters. The number of fused-ring (bicyclic) bond motifs is 1. The molecule has 2 aliphatic heterocycles. The molecular formula is C13H14O7S. The van der Waals surface area contributed by atoms with Gasteiger partial charge < -0.3 is 14.2 Å². The topological polar surface area (TPSA) is 88.1 Å². The van der Waals surface area contributed by atoms with Crippen LogP contribution in [0.2, 0.25) is 0 Å². The average molecular weight is 314 g/mol. The van der Waals surface area contributed by atoms with Gasteiger partial charge in [0.25, 0.3) is 10.1 Å². The van der Waals surface area contributed by atoms with Gasteiger partial charge >= 0.3 is 5.97 Å². The first-order valence-corrected chi connectivity index (χ1v) is 8.16. The molecule has 2 fully saturated rings. The highest BCUT2D eigenvalue weighted by Crippen LogP contribution is 2.34. The van der Waals surface area contributed by atoms with Crippen molar-refractivity contribution in [2.45, 2.75) is 24.6 Å². The molecule has 0 aliphatic carbocycles. The summed E-state index contributed by atoms with van der Waals surface area (Å²) in [7, 11) is -3.79. The highest BCUT2D eigenvalue weighted by Gasteiger charge is 2.52. The number of hydrogen-bond donors (Lipinski definition) is 0. The maximum Gasteiger partial charge on any atom is 0.340 e. The summed E-state index contributed by atoms with van der Waals surface area (Å²) in [5, 5.41) is 0. The molecule has 0 saturated carbocycles. The molecule has 21 heavy (non-hydrogen) atoms. The highest BCUT2D eigenvalue weighted by atomic mass is 32.2. The van der Waals surface area contributed by atoms with Gasteiger partial charge in [-0.15, -0.1) is 0 Å². The van der Waals surface area contributed by atoms with Crippen LogP contribution in [0.1, 0.15) is 11.9 Å². The van der Waals surface area contributed by atoms with E-state index in [2.05, 4.69) is 0 Å². The molecule has 0 N–H and O–H groups in total. The van der Waals surface area contributed by atoms with Crippen LogP contribution >= 0.6 is 0 Å². The fourth-order valence-electron chi connectivity index (χ4n) is 2.33. The van der Waals surface area contributed by atoms with E-state index in [-0.39, 0.29) is 6.61 Å². The van der Waals surface area contributed by atoms with Gasteiger partial charge in [-0.05, 0) is 0 Å². The zero-order valence-corrected chi connectivity index (χ0v) is 12.0. The van der Waals surface area contributed by atoms with Crippen molar-refractivity contribution in [3.63, 3.8) is 0 Å². The van der Waals surface area contributed by atoms with Gasteiger partial charge in [0, 0.05) is 5.56 Å². The molecule has 0 bridgehead atoms. The summed E-state index contributed by atoms with van der Waals surface area (Å²) in [5.74, 6) is -0.757. The summed E-state index contributed by atoms with van der Waals surface area (Å²) in [6.07, 6.45) is -2.58. The third kappa shape index (κ3) is 3.08. The van der Waals surface area contributed by atoms with Crippen LogP contribution in [0.15, 0.2) is 30.3 Å². The van der Waals surface area contributed by atoms with Gasteiger partial charge in [-0.2, -0.15) is 8.42 Å². The number of carbonyl (C=O) groups excluding carboxylic acids is 1. The molecule has 8 heteroatoms. The number of esters is 1. The lowest BCUT2D eigenvalue weighted by atomic mass is 10.1. The Balaban J connectivity index is 1.79. The van der Waals surface area contributed by atoms with E-state index in [1.807, 2.05) is 30.3 Å². The van der Waals surface area contributed by atoms with E-state index >= 15 is 0 Å². The Morgan fingerprint density at radius 2 is 1.95 bits per heavy atom. The van der Waals surface area contributed by atoms with Gasteiger partial charge in [0.05, 0.1) is 12.9 Å². The SMILES string of the molecule is CS(=O)(=O)O[C@@H]1C(=O)O[C@@H]2CO[C@H](c3ccccc3)O[C@H]12. The lowest BCUT2D eigenvalue weighted by molar-refractivity contribution is -0.250. The molecule has 2 saturated heterocycles. The Morgan fingerprint density at radius 3 is 2.62 bits per heavy atom. The van der Waals surface area contributed by atoms with Crippen molar-refractivity contribution >= 4 is 16.1 Å². The summed E-state index contributed by atoms with van der Waals surface area (Å²) in [6, 6.07) is 9.14. The first kappa shape index (κ1) is 14.5. The monoisotopic (exact) mass is 314 g/mol. The smallest absolute Gasteiger partial charge is 0.340 e. The largest absolute Gasteiger partial charge is 0.455 e. The normalized spacial score (nSPS) is 32.5. The predicted octanol–water partition coefficient (Wildman–Crippen LogP) is 0.371. The van der Waals surface area contributed by atoms with E-state index in [4.69, 9.17) is 18.4 Å². The highest BCUT2D eigenvalue weighted by molar-refractivity contribution is 7.86. The summed E-state index contributed by atoms with van der Waals surface area (Å²) < 4.78 is 43.5. The standard InChI is InChI=1S/C13H14O7S/c1-21(15,16)20-11-10-9(18-12(11)14)7-17-13(19-10)8-5-3-2-4-6-8/h2-6,9-11,13H,7H2,1H3/t9-,10+,11+,13+/m1/s1. The van der Waals surface area contributed by atoms with Gasteiger partial charge in [0.1, 0.15) is 6.10 Å². The first-order valence-electron chi connectivity index (χ1n) is 6.35. The molecule has 0 aromatic heterocycles. The van der Waals surface area contributed by atoms with E-state index in [1.54, 1.807) is 0 Å². The second kappa shape index (κ2) is 5.38. The Bertz CT molecular complexity index is 627. The first-order chi connectivity index (χ1) is 9.94. The Kier molecular flexibility index (Phi) is 3.70. The molecule has 1 aromatic carbocycles. The van der Waals surface area contributed by atoms with E-state index in [0.717, 1.165) is 11.8 Å². The molecule has 2 heterocycles. The predicted molar refractivity (Wildman–Crippen MR) is 69.6 cm³/mol. The lowest BCUT2D eigenvalue weighted by Crippen LogP contribution is -2.44. The summed E-state index contributed by atoms with van der Waals surface area (Å²) >= 11 is 0. The summed E-state index contributed by atoms with van der Waals surface area (Å²) in [6.45, 7) is 0.125. The Morgan fingerprint density at radius 1 is 1.24 bits per heavy atom. The molecule has 0 amide bonds. The van der Waals surface area contributed by atoms with Crippen molar-refractivity contribution in [3.8, 4) is 0 Å². The van der Waals surface area contributed by atoms with Gasteiger partial charge in [-0.25, -0.2) is 4.79 Å². The maximum absolute atomic E-state index is 11.7. The number of carbonyl (C=O) groups is 1. The molecule has 2 aliphatic rings. The average Bonchev–Trinajstić information content (AvgIpc) is 2.74. The van der Waals surface area contributed by atoms with Crippen molar-refractivity contribution in [2.24, 2.45) is 0 Å². The zero-order chi connectivity index (χ0) is 15.0. The minimum atomic E-state index is -3.79. The van der Waals surface area contributed by atoms with Crippen LogP contribution < -0.4 is 0 Å². The molecule has 0 unspecified atom stereocenters. The van der Waals surface area contributed by atoms with Crippen molar-refractivity contribution < 1.29 is 31.6 Å². The molecule has 114 valence electrons. The third-order valence-electron chi connectivity index (χ3n) is 3.21. The summed E-state index contributed by atoms with van der Waals surface area (Å²) in [4.78, 5) is 11.7. The molecule has 7 nitrogen and oxygen atoms in total. The van der Waals surface area contributed by atoms with Gasteiger partial charge in [0.15, 0.2) is 12.4 Å². The van der Waals surface area contributed by atoms with Crippen molar-refractivity contribution in [1.29, 1.82) is 0 Å². The van der Waals surface area contributed by atoms with Gasteiger partial charge in [-0.1, -0.05) is 30.3 Å². The summed E-state index contributed by atoms with van der Waals surface area (Å²) in [5.41, 5.74) is 0.772. The minimum Gasteiger partial charge on any atom is -0.455 e. The van der Waals surface area contributed by atoms with Crippen LogP contribution in [-0.4, -0.2) is 45.6 Å². The number of hydrogen-bond acceptors (Lipinski definition) is 7. The second-order valence-electron chi connectivity index (χ2n) is 4.87. The molecule has 0 radical (unpaired) electrons. The van der Waals surface area contributed by atoms with Gasteiger partial charge in [0.2, 0.25) is 6.10 Å². The van der Waals surface area contributed by atoms with Crippen LogP contribution in [0, 0.1) is 0 Å². The number of benzene rings is 1. The van der Waals surface area contributed by atoms with E-state index in [1.165, 1.54) is 0 Å². The molecule has 0 spiro atoms. The quantitative estimate of drug-likeness (QED) is 0.588. The van der Waals surface area contributed by atoms with Crippen molar-refractivity contribution in [1.82, 2.24) is 0 Å². The molecule has 3 rings (SSSR count).